The van der Waals surface area contributed by atoms with Gasteiger partial charge in [0.15, 0.2) is 11.6 Å². The van der Waals surface area contributed by atoms with Crippen molar-refractivity contribution in [3.63, 3.8) is 0 Å². The Hall–Kier alpha value is -2.53. The Morgan fingerprint density at radius 1 is 1.14 bits per heavy atom. The Labute approximate surface area is 230 Å². The van der Waals surface area contributed by atoms with E-state index < -0.39 is 11.6 Å². The predicted molar refractivity (Wildman–Crippen MR) is 128 cm³/mol. The van der Waals surface area contributed by atoms with Gasteiger partial charge in [-0.2, -0.15) is 0 Å². The van der Waals surface area contributed by atoms with Crippen LogP contribution in [0.15, 0.2) is 28.8 Å². The summed E-state index contributed by atoms with van der Waals surface area (Å²) in [7, 11) is 0. The minimum Gasteiger partial charge on any atom is -0.339 e. The molecule has 4 heterocycles. The number of piperazine rings is 1. The SMILES string of the molecule is CCC1CN(c2ncc(-c3nn[c]([Hg])o3)nc2C)CCN1C1CCN(C(=O)c2ccc(F)c(F)c2)CC1. The zero-order valence-corrected chi connectivity index (χ0v) is 26.5. The molecule has 1 amide bonds. The fraction of sp³-hybridized carbons (Fsp3) is 0.480. The van der Waals surface area contributed by atoms with Gasteiger partial charge in [0.2, 0.25) is 0 Å². The van der Waals surface area contributed by atoms with Crippen LogP contribution in [-0.2, 0) is 26.1 Å². The van der Waals surface area contributed by atoms with Gasteiger partial charge in [-0.3, -0.25) is 4.79 Å². The number of aryl methyl sites for hydroxylation is 1. The summed E-state index contributed by atoms with van der Waals surface area (Å²) in [5, 5.41) is 8.03. The quantitative estimate of drug-likeness (QED) is 0.376. The molecule has 5 rings (SSSR count). The van der Waals surface area contributed by atoms with E-state index in [0.29, 0.717) is 40.2 Å². The van der Waals surface area contributed by atoms with Crippen molar-refractivity contribution >= 4 is 15.1 Å². The molecule has 2 aliphatic rings. The fourth-order valence-electron chi connectivity index (χ4n) is 5.36. The molecule has 1 unspecified atom stereocenters. The maximum absolute atomic E-state index is 13.6. The normalized spacial score (nSPS) is 19.5. The van der Waals surface area contributed by atoms with Crippen molar-refractivity contribution in [1.82, 2.24) is 30.0 Å². The fourth-order valence-corrected chi connectivity index (χ4v) is 6.17. The van der Waals surface area contributed by atoms with Gasteiger partial charge in [0, 0.05) is 18.7 Å². The minimum atomic E-state index is -0.995. The first-order valence-electron chi connectivity index (χ1n) is 12.6. The van der Waals surface area contributed by atoms with E-state index in [0.717, 1.165) is 62.5 Å². The Morgan fingerprint density at radius 3 is 2.57 bits per heavy atom. The topological polar surface area (TPSA) is 91.5 Å². The molecule has 1 aromatic carbocycles. The summed E-state index contributed by atoms with van der Waals surface area (Å²) in [5.41, 5.74) is 1.63. The number of anilines is 1. The summed E-state index contributed by atoms with van der Waals surface area (Å²) in [6.07, 6.45) is 4.41. The van der Waals surface area contributed by atoms with Crippen molar-refractivity contribution < 1.29 is 44.1 Å². The number of carbonyl (C=O) groups is 1. The summed E-state index contributed by atoms with van der Waals surface area (Å²) in [6.45, 7) is 7.96. The van der Waals surface area contributed by atoms with Crippen LogP contribution in [0.5, 0.6) is 0 Å². The number of piperidine rings is 1. The first-order valence-corrected chi connectivity index (χ1v) is 15.3. The van der Waals surface area contributed by atoms with Gasteiger partial charge in [-0.15, -0.1) is 0 Å². The summed E-state index contributed by atoms with van der Waals surface area (Å²) >= 11 is 0.271. The van der Waals surface area contributed by atoms with E-state index in [1.54, 1.807) is 11.1 Å². The zero-order valence-electron chi connectivity index (χ0n) is 21.0. The maximum atomic E-state index is 13.6. The number of benzene rings is 1. The van der Waals surface area contributed by atoms with Crippen LogP contribution in [0.1, 0.15) is 42.2 Å². The molecule has 1 atom stereocenters. The van der Waals surface area contributed by atoms with Gasteiger partial charge < -0.3 is 4.90 Å². The van der Waals surface area contributed by atoms with Gasteiger partial charge in [0.05, 0.1) is 0 Å². The Morgan fingerprint density at radius 2 is 1.92 bits per heavy atom. The number of likely N-dealkylation sites (tertiary alicyclic amines) is 1. The van der Waals surface area contributed by atoms with Crippen molar-refractivity contribution in [2.24, 2.45) is 0 Å². The Balaban J connectivity index is 1.20. The third kappa shape index (κ3) is 5.52. The second-order valence-corrected chi connectivity index (χ2v) is 11.9. The van der Waals surface area contributed by atoms with E-state index in [-0.39, 0.29) is 37.6 Å². The Kier molecular flexibility index (Phi) is 7.80. The molecule has 2 aliphatic heterocycles. The summed E-state index contributed by atoms with van der Waals surface area (Å²) in [5.74, 6) is -0.891. The van der Waals surface area contributed by atoms with Gasteiger partial charge in [-0.1, -0.05) is 0 Å². The number of carbonyl (C=O) groups excluding carboxylic acids is 1. The molecule has 2 fully saturated rings. The second-order valence-electron chi connectivity index (χ2n) is 9.56. The van der Waals surface area contributed by atoms with Gasteiger partial charge in [-0.05, 0) is 31.0 Å². The van der Waals surface area contributed by atoms with Gasteiger partial charge in [0.25, 0.3) is 5.91 Å². The number of rotatable bonds is 5. The predicted octanol–water partition coefficient (Wildman–Crippen LogP) is 2.49. The molecule has 37 heavy (non-hydrogen) atoms. The summed E-state index contributed by atoms with van der Waals surface area (Å²) in [6, 6.07) is 4.08. The van der Waals surface area contributed by atoms with Crippen molar-refractivity contribution in [3.8, 4) is 11.6 Å². The molecule has 0 saturated carbocycles. The van der Waals surface area contributed by atoms with Crippen molar-refractivity contribution in [3.05, 3.63) is 47.3 Å². The third-order valence-electron chi connectivity index (χ3n) is 7.29. The van der Waals surface area contributed by atoms with Crippen LogP contribution in [0.4, 0.5) is 14.6 Å². The monoisotopic (exact) mass is 698 g/mol. The van der Waals surface area contributed by atoms with E-state index in [1.165, 1.54) is 6.07 Å². The van der Waals surface area contributed by atoms with E-state index >= 15 is 0 Å². The molecule has 9 nitrogen and oxygen atoms in total. The summed E-state index contributed by atoms with van der Waals surface area (Å²) < 4.78 is 33.1. The van der Waals surface area contributed by atoms with Crippen molar-refractivity contribution in [2.75, 3.05) is 37.6 Å². The van der Waals surface area contributed by atoms with Crippen LogP contribution in [0.25, 0.3) is 11.6 Å². The number of hydrogen-bond donors (Lipinski definition) is 0. The molecule has 0 spiro atoms. The zero-order chi connectivity index (χ0) is 26.1. The van der Waals surface area contributed by atoms with Crippen LogP contribution in [0.2, 0.25) is 0 Å². The van der Waals surface area contributed by atoms with Crippen LogP contribution in [0.3, 0.4) is 0 Å². The summed E-state index contributed by atoms with van der Waals surface area (Å²) in [4.78, 5) is 28.8. The van der Waals surface area contributed by atoms with Crippen LogP contribution < -0.4 is 8.30 Å². The van der Waals surface area contributed by atoms with E-state index in [4.69, 9.17) is 9.40 Å². The first-order chi connectivity index (χ1) is 17.8. The number of aromatic nitrogens is 4. The molecular formula is C25H28F2HgN7O2. The average molecular weight is 697 g/mol. The second kappa shape index (κ2) is 11.1. The number of halogens is 2. The molecule has 0 bridgehead atoms. The van der Waals surface area contributed by atoms with Crippen LogP contribution in [-0.4, -0.2) is 80.7 Å². The van der Waals surface area contributed by atoms with Crippen LogP contribution in [0, 0.1) is 18.6 Å². The molecule has 3 aromatic rings. The molecule has 0 radical (unpaired) electrons. The molecule has 2 saturated heterocycles. The Bertz CT molecular complexity index is 1280. The van der Waals surface area contributed by atoms with Crippen molar-refractivity contribution in [2.45, 2.75) is 45.2 Å². The van der Waals surface area contributed by atoms with Crippen LogP contribution >= 0.6 is 0 Å². The van der Waals surface area contributed by atoms with Gasteiger partial charge in [-0.25, -0.2) is 8.78 Å². The smallest absolute Gasteiger partial charge is 0.339 e. The standard InChI is InChI=1S/C25H28F2N7O2.Hg/c1-3-18-14-33(23-16(2)30-22(13-28-23)24-31-29-15-36-24)10-11-34(18)19-6-8-32(9-7-19)25(35)17-4-5-20(26)21(27)12-17;/h4-5,12-13,18-19H,3,6-11,14H2,1-2H3;. The molecule has 0 N–H and O–H groups in total. The minimum absolute atomic E-state index is 0.191. The van der Waals surface area contributed by atoms with Gasteiger partial charge in [0.1, 0.15) is 0 Å². The van der Waals surface area contributed by atoms with E-state index in [9.17, 15) is 13.6 Å². The first kappa shape index (κ1) is 26.1. The van der Waals surface area contributed by atoms with E-state index in [2.05, 4.69) is 31.9 Å². The van der Waals surface area contributed by atoms with E-state index in [1.807, 2.05) is 6.92 Å². The number of amides is 1. The number of hydrogen-bond acceptors (Lipinski definition) is 8. The third-order valence-corrected chi connectivity index (χ3v) is 8.40. The molecular weight excluding hydrogens is 669 g/mol. The van der Waals surface area contributed by atoms with Crippen molar-refractivity contribution in [1.29, 1.82) is 0 Å². The number of nitrogens with zero attached hydrogens (tertiary/aromatic N) is 7. The molecule has 191 valence electrons. The molecule has 12 heteroatoms. The molecule has 2 aromatic heterocycles. The average Bonchev–Trinajstić information content (AvgIpc) is 3.36. The molecule has 0 aliphatic carbocycles. The van der Waals surface area contributed by atoms with Gasteiger partial charge >= 0.3 is 145 Å².